The molecule has 2 N–H and O–H groups in total. The molecule has 0 aliphatic carbocycles. The molecule has 8 nitrogen and oxygen atoms in total. The van der Waals surface area contributed by atoms with E-state index in [1.165, 1.54) is 0 Å². The Balaban J connectivity index is 1.51. The number of hydrogen-bond donors (Lipinski definition) is 2. The average Bonchev–Trinajstić information content (AvgIpc) is 3.27. The Labute approximate surface area is 162 Å². The fourth-order valence-electron chi connectivity index (χ4n) is 3.45. The minimum atomic E-state index is -0.207. The van der Waals surface area contributed by atoms with Gasteiger partial charge in [0, 0.05) is 56.1 Å². The Bertz CT molecular complexity index is 1000. The highest BCUT2D eigenvalue weighted by Gasteiger charge is 2.25. The Hall–Kier alpha value is -3.42. The molecule has 0 radical (unpaired) electrons. The van der Waals surface area contributed by atoms with Gasteiger partial charge in [0.15, 0.2) is 0 Å². The van der Waals surface area contributed by atoms with E-state index in [9.17, 15) is 9.59 Å². The Morgan fingerprint density at radius 1 is 1.32 bits per heavy atom. The average molecular weight is 378 g/mol. The molecule has 3 heterocycles. The minimum Gasteiger partial charge on any atom is -0.352 e. The van der Waals surface area contributed by atoms with Gasteiger partial charge in [0.05, 0.1) is 11.7 Å². The first kappa shape index (κ1) is 18.0. The van der Waals surface area contributed by atoms with Crippen LogP contribution in [0.3, 0.4) is 0 Å². The quantitative estimate of drug-likeness (QED) is 0.712. The first-order valence-electron chi connectivity index (χ1n) is 9.24. The van der Waals surface area contributed by atoms with Crippen LogP contribution < -0.4 is 10.6 Å². The van der Waals surface area contributed by atoms with E-state index < -0.39 is 0 Å². The van der Waals surface area contributed by atoms with E-state index >= 15 is 0 Å². The molecule has 0 bridgehead atoms. The topological polar surface area (TPSA) is 92.2 Å². The van der Waals surface area contributed by atoms with Crippen molar-refractivity contribution in [3.63, 3.8) is 0 Å². The number of carbonyl (C=O) groups excluding carboxylic acids is 2. The highest BCUT2D eigenvalue weighted by Crippen LogP contribution is 2.19. The van der Waals surface area contributed by atoms with E-state index in [0.29, 0.717) is 25.2 Å². The van der Waals surface area contributed by atoms with E-state index in [0.717, 1.165) is 22.9 Å². The maximum atomic E-state index is 13.0. The summed E-state index contributed by atoms with van der Waals surface area (Å²) < 4.78 is 1.79. The predicted octanol–water partition coefficient (Wildman–Crippen LogP) is 2.28. The fraction of sp³-hybridized carbons (Fsp3) is 0.300. The van der Waals surface area contributed by atoms with Crippen molar-refractivity contribution in [3.8, 4) is 0 Å². The molecule has 8 heteroatoms. The minimum absolute atomic E-state index is 0.0270. The van der Waals surface area contributed by atoms with Crippen LogP contribution in [-0.4, -0.2) is 44.2 Å². The standard InChI is InChI=1S/C20H22N6O2/c1-25-18-4-2-16(10-15(18)11-22-25)24-20(28)26(12-14-6-8-21-9-7-14)13-17-3-5-19(27)23-17/h2,4,6-11,17H,3,5,12-13H2,1H3,(H,23,27)(H,24,28)/t17-/m0/s1. The zero-order valence-corrected chi connectivity index (χ0v) is 15.6. The third-order valence-electron chi connectivity index (χ3n) is 4.93. The summed E-state index contributed by atoms with van der Waals surface area (Å²) in [6.45, 7) is 0.894. The van der Waals surface area contributed by atoms with Gasteiger partial charge in [-0.25, -0.2) is 4.79 Å². The third kappa shape index (κ3) is 3.95. The van der Waals surface area contributed by atoms with E-state index in [1.807, 2.05) is 37.4 Å². The molecular formula is C20H22N6O2. The lowest BCUT2D eigenvalue weighted by Gasteiger charge is -2.26. The van der Waals surface area contributed by atoms with Gasteiger partial charge in [-0.15, -0.1) is 0 Å². The fourth-order valence-corrected chi connectivity index (χ4v) is 3.45. The third-order valence-corrected chi connectivity index (χ3v) is 4.93. The largest absolute Gasteiger partial charge is 0.352 e. The molecule has 0 saturated carbocycles. The number of anilines is 1. The Kier molecular flexibility index (Phi) is 4.92. The van der Waals surface area contributed by atoms with Crippen molar-refractivity contribution >= 4 is 28.5 Å². The number of carbonyl (C=O) groups is 2. The molecule has 3 aromatic rings. The maximum Gasteiger partial charge on any atom is 0.322 e. The molecule has 144 valence electrons. The van der Waals surface area contributed by atoms with Crippen molar-refractivity contribution < 1.29 is 9.59 Å². The van der Waals surface area contributed by atoms with Gasteiger partial charge >= 0.3 is 6.03 Å². The van der Waals surface area contributed by atoms with Gasteiger partial charge in [-0.1, -0.05) is 0 Å². The Morgan fingerprint density at radius 2 is 2.14 bits per heavy atom. The number of hydrogen-bond acceptors (Lipinski definition) is 4. The SMILES string of the molecule is Cn1ncc2cc(NC(=O)N(Cc3ccncc3)C[C@@H]3CCC(=O)N3)ccc21. The molecule has 0 spiro atoms. The Morgan fingerprint density at radius 3 is 2.89 bits per heavy atom. The van der Waals surface area contributed by atoms with Crippen molar-refractivity contribution in [2.75, 3.05) is 11.9 Å². The number of aromatic nitrogens is 3. The summed E-state index contributed by atoms with van der Waals surface area (Å²) in [5.41, 5.74) is 2.69. The molecule has 1 aliphatic heterocycles. The first-order valence-corrected chi connectivity index (χ1v) is 9.24. The highest BCUT2D eigenvalue weighted by atomic mass is 16.2. The smallest absolute Gasteiger partial charge is 0.322 e. The van der Waals surface area contributed by atoms with Crippen LogP contribution in [0.5, 0.6) is 0 Å². The van der Waals surface area contributed by atoms with Crippen LogP contribution in [0.1, 0.15) is 18.4 Å². The number of benzene rings is 1. The maximum absolute atomic E-state index is 13.0. The van der Waals surface area contributed by atoms with Crippen LogP contribution in [0.15, 0.2) is 48.9 Å². The first-order chi connectivity index (χ1) is 13.6. The van der Waals surface area contributed by atoms with Gasteiger partial charge < -0.3 is 15.5 Å². The van der Waals surface area contributed by atoms with E-state index in [1.54, 1.807) is 28.2 Å². The van der Waals surface area contributed by atoms with Crippen LogP contribution in [0.25, 0.3) is 10.9 Å². The molecule has 1 fully saturated rings. The van der Waals surface area contributed by atoms with Gasteiger partial charge in [-0.2, -0.15) is 5.10 Å². The zero-order chi connectivity index (χ0) is 19.5. The van der Waals surface area contributed by atoms with Gasteiger partial charge in [0.25, 0.3) is 0 Å². The van der Waals surface area contributed by atoms with Crippen LogP contribution in [-0.2, 0) is 18.4 Å². The molecule has 1 saturated heterocycles. The van der Waals surface area contributed by atoms with Crippen molar-refractivity contribution in [1.29, 1.82) is 0 Å². The van der Waals surface area contributed by atoms with Crippen molar-refractivity contribution in [3.05, 3.63) is 54.5 Å². The number of fused-ring (bicyclic) bond motifs is 1. The molecule has 1 aliphatic rings. The second-order valence-electron chi connectivity index (χ2n) is 7.01. The molecule has 1 aromatic carbocycles. The van der Waals surface area contributed by atoms with Gasteiger partial charge in [0.2, 0.25) is 5.91 Å². The van der Waals surface area contributed by atoms with Crippen molar-refractivity contribution in [2.45, 2.75) is 25.4 Å². The predicted molar refractivity (Wildman–Crippen MR) is 106 cm³/mol. The van der Waals surface area contributed by atoms with Gasteiger partial charge in [-0.3, -0.25) is 14.5 Å². The molecule has 4 rings (SSSR count). The van der Waals surface area contributed by atoms with E-state index in [4.69, 9.17) is 0 Å². The summed E-state index contributed by atoms with van der Waals surface area (Å²) in [6, 6.07) is 9.24. The second kappa shape index (κ2) is 7.67. The molecule has 1 atom stereocenters. The van der Waals surface area contributed by atoms with Crippen LogP contribution >= 0.6 is 0 Å². The van der Waals surface area contributed by atoms with Crippen LogP contribution in [0.4, 0.5) is 10.5 Å². The summed E-state index contributed by atoms with van der Waals surface area (Å²) >= 11 is 0. The number of amides is 3. The number of aryl methyl sites for hydroxylation is 1. The lowest BCUT2D eigenvalue weighted by atomic mass is 10.2. The number of pyridine rings is 1. The monoisotopic (exact) mass is 378 g/mol. The van der Waals surface area contributed by atoms with E-state index in [2.05, 4.69) is 20.7 Å². The number of nitrogens with one attached hydrogen (secondary N) is 2. The summed E-state index contributed by atoms with van der Waals surface area (Å²) in [5, 5.41) is 11.1. The summed E-state index contributed by atoms with van der Waals surface area (Å²) in [7, 11) is 1.88. The van der Waals surface area contributed by atoms with Crippen molar-refractivity contribution in [1.82, 2.24) is 25.0 Å². The zero-order valence-electron chi connectivity index (χ0n) is 15.6. The van der Waals surface area contributed by atoms with Crippen LogP contribution in [0.2, 0.25) is 0 Å². The summed E-state index contributed by atoms with van der Waals surface area (Å²) in [6.07, 6.45) is 6.43. The molecule has 3 amide bonds. The lowest BCUT2D eigenvalue weighted by Crippen LogP contribution is -2.43. The second-order valence-corrected chi connectivity index (χ2v) is 7.01. The summed E-state index contributed by atoms with van der Waals surface area (Å²) in [5.74, 6) is 0.0382. The number of rotatable bonds is 5. The lowest BCUT2D eigenvalue weighted by molar-refractivity contribution is -0.119. The van der Waals surface area contributed by atoms with Crippen molar-refractivity contribution in [2.24, 2.45) is 7.05 Å². The molecule has 28 heavy (non-hydrogen) atoms. The van der Waals surface area contributed by atoms with E-state index in [-0.39, 0.29) is 18.0 Å². The number of nitrogens with zero attached hydrogens (tertiary/aromatic N) is 4. The van der Waals surface area contributed by atoms with Gasteiger partial charge in [0.1, 0.15) is 0 Å². The van der Waals surface area contributed by atoms with Gasteiger partial charge in [-0.05, 0) is 42.3 Å². The van der Waals surface area contributed by atoms with Crippen LogP contribution in [0, 0.1) is 0 Å². The molecule has 0 unspecified atom stereocenters. The summed E-state index contributed by atoms with van der Waals surface area (Å²) in [4.78, 5) is 30.3. The molecule has 2 aromatic heterocycles. The normalized spacial score (nSPS) is 16.2. The molecular weight excluding hydrogens is 356 g/mol. The number of urea groups is 1. The highest BCUT2D eigenvalue weighted by molar-refractivity contribution is 5.92.